The summed E-state index contributed by atoms with van der Waals surface area (Å²) in [4.78, 5) is 12.8. The fourth-order valence-electron chi connectivity index (χ4n) is 3.06. The monoisotopic (exact) mass is 388 g/mol. The van der Waals surface area contributed by atoms with E-state index in [9.17, 15) is 13.2 Å². The van der Waals surface area contributed by atoms with Gasteiger partial charge in [-0.25, -0.2) is 8.42 Å². The summed E-state index contributed by atoms with van der Waals surface area (Å²) < 4.78 is 31.9. The zero-order valence-corrected chi connectivity index (χ0v) is 16.1. The molecule has 1 fully saturated rings. The van der Waals surface area contributed by atoms with Gasteiger partial charge in [-0.05, 0) is 36.2 Å². The molecule has 0 bridgehead atoms. The summed E-state index contributed by atoms with van der Waals surface area (Å²) in [6.45, 7) is 3.50. The maximum Gasteiger partial charge on any atom is 0.251 e. The molecule has 1 N–H and O–H groups in total. The Labute approximate surface area is 160 Å². The number of hydrogen-bond donors (Lipinski definition) is 1. The van der Waals surface area contributed by atoms with Crippen molar-refractivity contribution in [1.82, 2.24) is 9.62 Å². The molecule has 0 aliphatic carbocycles. The third-order valence-electron chi connectivity index (χ3n) is 4.64. The van der Waals surface area contributed by atoms with Crippen LogP contribution in [0, 0.1) is 0 Å². The van der Waals surface area contributed by atoms with Gasteiger partial charge in [0.25, 0.3) is 5.91 Å². The quantitative estimate of drug-likeness (QED) is 0.825. The molecule has 3 rings (SSSR count). The standard InChI is InChI=1S/C20H24N2O4S/c1-2-19(16-6-4-3-5-7-16)21-20(23)17-8-10-18(11-9-17)27(24,25)22-12-14-26-15-13-22/h3-11,19H,2,12-15H2,1H3,(H,21,23)/t19-/m1/s1. The van der Waals surface area contributed by atoms with E-state index in [0.717, 1.165) is 12.0 Å². The fraction of sp³-hybridized carbons (Fsp3) is 0.350. The Morgan fingerprint density at radius 2 is 1.70 bits per heavy atom. The largest absolute Gasteiger partial charge is 0.379 e. The highest BCUT2D eigenvalue weighted by atomic mass is 32.2. The summed E-state index contributed by atoms with van der Waals surface area (Å²) >= 11 is 0. The van der Waals surface area contributed by atoms with Gasteiger partial charge < -0.3 is 10.1 Å². The van der Waals surface area contributed by atoms with Crippen molar-refractivity contribution in [2.24, 2.45) is 0 Å². The summed E-state index contributed by atoms with van der Waals surface area (Å²) in [5.41, 5.74) is 1.48. The zero-order valence-electron chi connectivity index (χ0n) is 15.3. The van der Waals surface area contributed by atoms with Crippen LogP contribution < -0.4 is 5.32 Å². The van der Waals surface area contributed by atoms with Crippen LogP contribution in [0.2, 0.25) is 0 Å². The van der Waals surface area contributed by atoms with Gasteiger partial charge in [0.15, 0.2) is 0 Å². The van der Waals surface area contributed by atoms with Gasteiger partial charge in [-0.15, -0.1) is 0 Å². The molecule has 0 radical (unpaired) electrons. The van der Waals surface area contributed by atoms with E-state index in [-0.39, 0.29) is 16.8 Å². The third kappa shape index (κ3) is 4.55. The minimum absolute atomic E-state index is 0.0875. The summed E-state index contributed by atoms with van der Waals surface area (Å²) in [6.07, 6.45) is 0.763. The molecule has 0 saturated carbocycles. The average Bonchev–Trinajstić information content (AvgIpc) is 2.73. The molecule has 0 unspecified atom stereocenters. The van der Waals surface area contributed by atoms with E-state index in [0.29, 0.717) is 31.9 Å². The number of amides is 1. The number of nitrogens with one attached hydrogen (secondary N) is 1. The van der Waals surface area contributed by atoms with E-state index in [2.05, 4.69) is 5.32 Å². The van der Waals surface area contributed by atoms with Gasteiger partial charge >= 0.3 is 0 Å². The normalized spacial score (nSPS) is 16.6. The minimum atomic E-state index is -3.55. The second-order valence-electron chi connectivity index (χ2n) is 6.39. The van der Waals surface area contributed by atoms with Gasteiger partial charge in [0, 0.05) is 18.7 Å². The first-order chi connectivity index (χ1) is 13.0. The Kier molecular flexibility index (Phi) is 6.26. The first kappa shape index (κ1) is 19.5. The van der Waals surface area contributed by atoms with E-state index in [4.69, 9.17) is 4.74 Å². The van der Waals surface area contributed by atoms with Crippen molar-refractivity contribution >= 4 is 15.9 Å². The molecule has 144 valence electrons. The van der Waals surface area contributed by atoms with Gasteiger partial charge in [0.05, 0.1) is 24.2 Å². The van der Waals surface area contributed by atoms with Crippen LogP contribution in [0.15, 0.2) is 59.5 Å². The number of carbonyl (C=O) groups is 1. The number of sulfonamides is 1. The molecule has 2 aromatic rings. The van der Waals surface area contributed by atoms with Crippen molar-refractivity contribution in [3.05, 3.63) is 65.7 Å². The van der Waals surface area contributed by atoms with Crippen LogP contribution >= 0.6 is 0 Å². The molecule has 6 nitrogen and oxygen atoms in total. The lowest BCUT2D eigenvalue weighted by molar-refractivity contribution is 0.0730. The van der Waals surface area contributed by atoms with Crippen LogP contribution in [-0.2, 0) is 14.8 Å². The zero-order chi connectivity index (χ0) is 19.3. The number of rotatable bonds is 6. The van der Waals surface area contributed by atoms with Gasteiger partial charge in [-0.2, -0.15) is 4.31 Å². The number of benzene rings is 2. The summed E-state index contributed by atoms with van der Waals surface area (Å²) in [5, 5.41) is 3.01. The van der Waals surface area contributed by atoms with Gasteiger partial charge in [-0.1, -0.05) is 37.3 Å². The Balaban J connectivity index is 1.72. The van der Waals surface area contributed by atoms with Crippen LogP contribution in [0.25, 0.3) is 0 Å². The van der Waals surface area contributed by atoms with Crippen LogP contribution in [-0.4, -0.2) is 44.9 Å². The van der Waals surface area contributed by atoms with Crippen LogP contribution in [0.5, 0.6) is 0 Å². The number of nitrogens with zero attached hydrogens (tertiary/aromatic N) is 1. The number of morpholine rings is 1. The van der Waals surface area contributed by atoms with E-state index in [1.54, 1.807) is 12.1 Å². The highest BCUT2D eigenvalue weighted by molar-refractivity contribution is 7.89. The Morgan fingerprint density at radius 3 is 2.30 bits per heavy atom. The molecule has 1 amide bonds. The van der Waals surface area contributed by atoms with Crippen molar-refractivity contribution in [2.75, 3.05) is 26.3 Å². The van der Waals surface area contributed by atoms with E-state index in [1.807, 2.05) is 37.3 Å². The summed E-state index contributed by atoms with van der Waals surface area (Å²) in [5.74, 6) is -0.221. The molecule has 0 spiro atoms. The maximum atomic E-state index is 12.6. The smallest absolute Gasteiger partial charge is 0.251 e. The van der Waals surface area contributed by atoms with Crippen molar-refractivity contribution in [2.45, 2.75) is 24.3 Å². The Hall–Kier alpha value is -2.22. The molecule has 1 saturated heterocycles. The minimum Gasteiger partial charge on any atom is -0.379 e. The topological polar surface area (TPSA) is 75.7 Å². The highest BCUT2D eigenvalue weighted by Crippen LogP contribution is 2.19. The molecule has 1 heterocycles. The van der Waals surface area contributed by atoms with Crippen molar-refractivity contribution in [3.8, 4) is 0 Å². The van der Waals surface area contributed by atoms with Crippen molar-refractivity contribution < 1.29 is 17.9 Å². The lowest BCUT2D eigenvalue weighted by atomic mass is 10.0. The molecular formula is C20H24N2O4S. The number of hydrogen-bond acceptors (Lipinski definition) is 4. The van der Waals surface area contributed by atoms with Crippen LogP contribution in [0.4, 0.5) is 0 Å². The molecule has 0 aromatic heterocycles. The number of ether oxygens (including phenoxy) is 1. The number of carbonyl (C=O) groups excluding carboxylic acids is 1. The Morgan fingerprint density at radius 1 is 1.07 bits per heavy atom. The second kappa shape index (κ2) is 8.65. The predicted octanol–water partition coefficient (Wildman–Crippen LogP) is 2.59. The van der Waals surface area contributed by atoms with Gasteiger partial charge in [0.2, 0.25) is 10.0 Å². The molecule has 27 heavy (non-hydrogen) atoms. The molecule has 2 aromatic carbocycles. The van der Waals surface area contributed by atoms with Crippen molar-refractivity contribution in [1.29, 1.82) is 0 Å². The maximum absolute atomic E-state index is 12.6. The Bertz CT molecular complexity index is 861. The van der Waals surface area contributed by atoms with Crippen LogP contribution in [0.3, 0.4) is 0 Å². The van der Waals surface area contributed by atoms with Gasteiger partial charge in [-0.3, -0.25) is 4.79 Å². The first-order valence-corrected chi connectivity index (χ1v) is 10.5. The third-order valence-corrected chi connectivity index (χ3v) is 6.55. The first-order valence-electron chi connectivity index (χ1n) is 9.06. The van der Waals surface area contributed by atoms with E-state index >= 15 is 0 Å². The lowest BCUT2D eigenvalue weighted by Gasteiger charge is -2.26. The second-order valence-corrected chi connectivity index (χ2v) is 8.32. The molecule has 1 aliphatic heterocycles. The molecule has 1 aliphatic rings. The van der Waals surface area contributed by atoms with Gasteiger partial charge in [0.1, 0.15) is 0 Å². The molecular weight excluding hydrogens is 364 g/mol. The predicted molar refractivity (Wildman–Crippen MR) is 103 cm³/mol. The summed E-state index contributed by atoms with van der Waals surface area (Å²) in [7, 11) is -3.55. The average molecular weight is 388 g/mol. The fourth-order valence-corrected chi connectivity index (χ4v) is 4.47. The van der Waals surface area contributed by atoms with E-state index in [1.165, 1.54) is 16.4 Å². The molecule has 7 heteroatoms. The van der Waals surface area contributed by atoms with Crippen LogP contribution in [0.1, 0.15) is 35.3 Å². The lowest BCUT2D eigenvalue weighted by Crippen LogP contribution is -2.40. The summed E-state index contributed by atoms with van der Waals surface area (Å²) in [6, 6.07) is 15.8. The van der Waals surface area contributed by atoms with Crippen molar-refractivity contribution in [3.63, 3.8) is 0 Å². The SMILES string of the molecule is CC[C@@H](NC(=O)c1ccc(S(=O)(=O)N2CCOCC2)cc1)c1ccccc1. The van der Waals surface area contributed by atoms with E-state index < -0.39 is 10.0 Å². The highest BCUT2D eigenvalue weighted by Gasteiger charge is 2.26. The molecule has 1 atom stereocenters.